The van der Waals surface area contributed by atoms with E-state index >= 15 is 0 Å². The molecule has 1 aliphatic heterocycles. The molecule has 1 aliphatic carbocycles. The topological polar surface area (TPSA) is 86.8 Å². The number of imide groups is 1. The zero-order valence-corrected chi connectivity index (χ0v) is 18.9. The van der Waals surface area contributed by atoms with Crippen LogP contribution in [-0.2, 0) is 14.4 Å². The summed E-state index contributed by atoms with van der Waals surface area (Å²) in [5.74, 6) is -1.04. The van der Waals surface area contributed by atoms with Crippen molar-refractivity contribution in [3.8, 4) is 0 Å². The molecule has 168 valence electrons. The maximum Gasteiger partial charge on any atom is 0.264 e. The van der Waals surface area contributed by atoms with Crippen molar-refractivity contribution in [2.24, 2.45) is 0 Å². The van der Waals surface area contributed by atoms with Crippen LogP contribution in [0.1, 0.15) is 61.5 Å². The molecule has 8 heteroatoms. The van der Waals surface area contributed by atoms with Crippen molar-refractivity contribution >= 4 is 46.3 Å². The quantitative estimate of drug-likeness (QED) is 0.543. The molecule has 1 aromatic carbocycles. The van der Waals surface area contributed by atoms with E-state index in [4.69, 9.17) is 0 Å². The molecule has 0 bridgehead atoms. The number of rotatable bonds is 5. The van der Waals surface area contributed by atoms with Gasteiger partial charge in [-0.3, -0.25) is 19.2 Å². The monoisotopic (exact) mass is 453 g/mol. The van der Waals surface area contributed by atoms with Crippen molar-refractivity contribution in [3.05, 3.63) is 46.7 Å². The molecule has 32 heavy (non-hydrogen) atoms. The molecule has 4 rings (SSSR count). The van der Waals surface area contributed by atoms with Crippen LogP contribution in [0.2, 0.25) is 0 Å². The predicted octanol–water partition coefficient (Wildman–Crippen LogP) is 4.20. The summed E-state index contributed by atoms with van der Waals surface area (Å²) in [5, 5.41) is 4.52. The van der Waals surface area contributed by atoms with Crippen molar-refractivity contribution in [1.29, 1.82) is 0 Å². The lowest BCUT2D eigenvalue weighted by Gasteiger charge is -2.34. The van der Waals surface area contributed by atoms with Crippen molar-refractivity contribution in [3.63, 3.8) is 0 Å². The molecule has 0 radical (unpaired) electrons. The highest BCUT2D eigenvalue weighted by molar-refractivity contribution is 7.12. The third kappa shape index (κ3) is 4.60. The first-order valence-corrected chi connectivity index (χ1v) is 11.9. The van der Waals surface area contributed by atoms with Gasteiger partial charge in [0.1, 0.15) is 6.04 Å². The Morgan fingerprint density at radius 3 is 2.31 bits per heavy atom. The van der Waals surface area contributed by atoms with Crippen molar-refractivity contribution in [2.75, 3.05) is 10.2 Å². The van der Waals surface area contributed by atoms with Gasteiger partial charge < -0.3 is 10.2 Å². The van der Waals surface area contributed by atoms with E-state index in [9.17, 15) is 19.2 Å². The van der Waals surface area contributed by atoms with Crippen LogP contribution in [0.4, 0.5) is 11.4 Å². The number of nitrogens with zero attached hydrogens (tertiary/aromatic N) is 2. The Bertz CT molecular complexity index is 995. The zero-order chi connectivity index (χ0) is 22.7. The first kappa shape index (κ1) is 22.2. The highest BCUT2D eigenvalue weighted by Gasteiger charge is 2.46. The summed E-state index contributed by atoms with van der Waals surface area (Å²) in [6.45, 7) is 1.42. The molecular formula is C24H27N3O4S. The number of nitrogens with one attached hydrogen (secondary N) is 1. The summed E-state index contributed by atoms with van der Waals surface area (Å²) in [7, 11) is 0. The molecule has 7 nitrogen and oxygen atoms in total. The molecule has 2 heterocycles. The van der Waals surface area contributed by atoms with Crippen LogP contribution in [0, 0.1) is 0 Å². The first-order chi connectivity index (χ1) is 15.5. The van der Waals surface area contributed by atoms with E-state index < -0.39 is 6.04 Å². The fourth-order valence-electron chi connectivity index (χ4n) is 4.63. The van der Waals surface area contributed by atoms with Gasteiger partial charge in [-0.1, -0.05) is 31.7 Å². The summed E-state index contributed by atoms with van der Waals surface area (Å²) < 4.78 is 0. The number of benzene rings is 1. The van der Waals surface area contributed by atoms with Gasteiger partial charge in [0.25, 0.3) is 11.8 Å². The largest absolute Gasteiger partial charge is 0.326 e. The molecule has 2 aliphatic rings. The SMILES string of the molecule is CC(=O)Nc1ccc(N2C(=O)CC(N(C(=O)c3cccs3)C3CCCCCC3)C2=O)cc1. The number of hydrogen-bond acceptors (Lipinski definition) is 5. The Labute approximate surface area is 191 Å². The molecule has 2 fully saturated rings. The van der Waals surface area contributed by atoms with Gasteiger partial charge in [0, 0.05) is 18.7 Å². The van der Waals surface area contributed by atoms with Crippen LogP contribution < -0.4 is 10.2 Å². The van der Waals surface area contributed by atoms with E-state index in [0.717, 1.165) is 38.5 Å². The average molecular weight is 454 g/mol. The maximum absolute atomic E-state index is 13.5. The van der Waals surface area contributed by atoms with E-state index in [0.29, 0.717) is 16.3 Å². The van der Waals surface area contributed by atoms with Crippen molar-refractivity contribution in [1.82, 2.24) is 4.90 Å². The summed E-state index contributed by atoms with van der Waals surface area (Å²) in [4.78, 5) is 54.6. The molecule has 2 aromatic rings. The molecule has 1 saturated carbocycles. The van der Waals surface area contributed by atoms with E-state index in [1.807, 2.05) is 11.4 Å². The van der Waals surface area contributed by atoms with Gasteiger partial charge in [-0.15, -0.1) is 11.3 Å². The Kier molecular flexibility index (Phi) is 6.69. The van der Waals surface area contributed by atoms with Crippen molar-refractivity contribution < 1.29 is 19.2 Å². The number of anilines is 2. The second kappa shape index (κ2) is 9.65. The van der Waals surface area contributed by atoms with Crippen LogP contribution >= 0.6 is 11.3 Å². The third-order valence-corrected chi connectivity index (χ3v) is 6.95. The fourth-order valence-corrected chi connectivity index (χ4v) is 5.29. The number of hydrogen-bond donors (Lipinski definition) is 1. The van der Waals surface area contributed by atoms with E-state index in [2.05, 4.69) is 5.32 Å². The van der Waals surface area contributed by atoms with Crippen molar-refractivity contribution in [2.45, 2.75) is 64.0 Å². The van der Waals surface area contributed by atoms with Gasteiger partial charge in [-0.25, -0.2) is 4.90 Å². The molecule has 1 saturated heterocycles. The highest BCUT2D eigenvalue weighted by Crippen LogP contribution is 2.32. The van der Waals surface area contributed by atoms with Gasteiger partial charge in [-0.2, -0.15) is 0 Å². The van der Waals surface area contributed by atoms with Gasteiger partial charge >= 0.3 is 0 Å². The van der Waals surface area contributed by atoms with Gasteiger partial charge in [0.2, 0.25) is 11.8 Å². The normalized spacial score (nSPS) is 19.7. The molecule has 1 atom stereocenters. The number of amides is 4. The van der Waals surface area contributed by atoms with Crippen LogP contribution in [0.25, 0.3) is 0 Å². The minimum absolute atomic E-state index is 0.0140. The summed E-state index contributed by atoms with van der Waals surface area (Å²) in [5.41, 5.74) is 1.03. The molecule has 0 spiro atoms. The van der Waals surface area contributed by atoms with E-state index in [-0.39, 0.29) is 36.1 Å². The molecule has 1 N–H and O–H groups in total. The lowest BCUT2D eigenvalue weighted by Crippen LogP contribution is -2.50. The molecule has 4 amide bonds. The lowest BCUT2D eigenvalue weighted by molar-refractivity contribution is -0.123. The number of carbonyl (C=O) groups is 4. The Morgan fingerprint density at radius 1 is 1.03 bits per heavy atom. The number of thiophene rings is 1. The Balaban J connectivity index is 1.62. The third-order valence-electron chi connectivity index (χ3n) is 6.09. The van der Waals surface area contributed by atoms with E-state index in [1.54, 1.807) is 35.2 Å². The molecular weight excluding hydrogens is 426 g/mol. The predicted molar refractivity (Wildman–Crippen MR) is 124 cm³/mol. The van der Waals surface area contributed by atoms with Gasteiger partial charge in [-0.05, 0) is 48.6 Å². The number of carbonyl (C=O) groups excluding carboxylic acids is 4. The zero-order valence-electron chi connectivity index (χ0n) is 18.1. The molecule has 1 unspecified atom stereocenters. The standard InChI is InChI=1S/C24H27N3O4S/c1-16(28)25-17-10-12-19(13-11-17)27-22(29)15-20(23(27)30)26(18-7-4-2-3-5-8-18)24(31)21-9-6-14-32-21/h6,9-14,18,20H,2-5,7-8,15H2,1H3,(H,25,28). The Hall–Kier alpha value is -3.00. The summed E-state index contributed by atoms with van der Waals surface area (Å²) in [6, 6.07) is 9.35. The minimum atomic E-state index is -0.796. The molecule has 1 aromatic heterocycles. The fraction of sp³-hybridized carbons (Fsp3) is 0.417. The van der Waals surface area contributed by atoms with Gasteiger partial charge in [0.05, 0.1) is 17.0 Å². The Morgan fingerprint density at radius 2 is 1.72 bits per heavy atom. The van der Waals surface area contributed by atoms with Crippen LogP contribution in [-0.4, -0.2) is 40.6 Å². The summed E-state index contributed by atoms with van der Waals surface area (Å²) >= 11 is 1.36. The average Bonchev–Trinajstić information content (AvgIpc) is 3.30. The lowest BCUT2D eigenvalue weighted by atomic mass is 10.0. The second-order valence-electron chi connectivity index (χ2n) is 8.35. The van der Waals surface area contributed by atoms with Crippen LogP contribution in [0.15, 0.2) is 41.8 Å². The summed E-state index contributed by atoms with van der Waals surface area (Å²) in [6.07, 6.45) is 5.97. The van der Waals surface area contributed by atoms with E-state index in [1.165, 1.54) is 23.2 Å². The van der Waals surface area contributed by atoms with Gasteiger partial charge in [0.15, 0.2) is 0 Å². The highest BCUT2D eigenvalue weighted by atomic mass is 32.1. The first-order valence-electron chi connectivity index (χ1n) is 11.1. The van der Waals surface area contributed by atoms with Crippen LogP contribution in [0.3, 0.4) is 0 Å². The van der Waals surface area contributed by atoms with Crippen LogP contribution in [0.5, 0.6) is 0 Å². The smallest absolute Gasteiger partial charge is 0.264 e. The second-order valence-corrected chi connectivity index (χ2v) is 9.30. The maximum atomic E-state index is 13.5. The minimum Gasteiger partial charge on any atom is -0.326 e.